The summed E-state index contributed by atoms with van der Waals surface area (Å²) in [6.07, 6.45) is 0. The number of hydrogen-bond acceptors (Lipinski definition) is 1. The van der Waals surface area contributed by atoms with Gasteiger partial charge in [0.05, 0.1) is 39.4 Å². The third-order valence-electron chi connectivity index (χ3n) is 11.3. The maximum absolute atomic E-state index is 9.69. The Balaban J connectivity index is 1.14. The van der Waals surface area contributed by atoms with Gasteiger partial charge in [0, 0.05) is 38.7 Å². The van der Waals surface area contributed by atoms with Crippen molar-refractivity contribution in [1.82, 2.24) is 9.13 Å². The first-order valence-corrected chi connectivity index (χ1v) is 18.1. The molecule has 53 heavy (non-hydrogen) atoms. The molecule has 3 heteroatoms. The first-order chi connectivity index (χ1) is 26.3. The molecule has 0 unspecified atom stereocenters. The number of para-hydroxylation sites is 3. The standard InChI is InChI=1S/C50H31N3/c51-31-32-25-27-48-43(29-32)38-17-8-10-22-45(38)52(48)33-26-28-49-44(30-33)39-18-9-12-24-47(39)53(49)46-23-11-7-16-37(46)36-15-3-6-21-42(36)50-40-19-4-1-13-34(40)35-14-2-5-20-41(35)50/h1-30,50H. The Kier molecular flexibility index (Phi) is 6.38. The first kappa shape index (κ1) is 29.6. The molecule has 10 aromatic rings. The van der Waals surface area contributed by atoms with Gasteiger partial charge in [-0.15, -0.1) is 0 Å². The highest BCUT2D eigenvalue weighted by atomic mass is 15.0. The van der Waals surface area contributed by atoms with Gasteiger partial charge in [0.2, 0.25) is 0 Å². The number of fused-ring (bicyclic) bond motifs is 9. The van der Waals surface area contributed by atoms with Crippen LogP contribution in [0, 0.1) is 11.3 Å². The van der Waals surface area contributed by atoms with Crippen LogP contribution in [0.1, 0.15) is 28.2 Å². The second-order valence-electron chi connectivity index (χ2n) is 14.0. The second kappa shape index (κ2) is 11.4. The number of benzene rings is 8. The molecule has 0 aliphatic heterocycles. The number of rotatable bonds is 4. The predicted molar refractivity (Wildman–Crippen MR) is 218 cm³/mol. The molecule has 3 nitrogen and oxygen atoms in total. The van der Waals surface area contributed by atoms with Crippen molar-refractivity contribution < 1.29 is 0 Å². The number of aromatic nitrogens is 2. The van der Waals surface area contributed by atoms with Gasteiger partial charge in [-0.2, -0.15) is 5.26 Å². The Morgan fingerprint density at radius 3 is 1.47 bits per heavy atom. The Bertz CT molecular complexity index is 3100. The van der Waals surface area contributed by atoms with Gasteiger partial charge < -0.3 is 9.13 Å². The second-order valence-corrected chi connectivity index (χ2v) is 14.0. The molecule has 11 rings (SSSR count). The lowest BCUT2D eigenvalue weighted by Gasteiger charge is -2.21. The Labute approximate surface area is 306 Å². The molecule has 246 valence electrons. The van der Waals surface area contributed by atoms with Gasteiger partial charge in [-0.1, -0.05) is 127 Å². The van der Waals surface area contributed by atoms with Crippen molar-refractivity contribution in [3.8, 4) is 39.7 Å². The van der Waals surface area contributed by atoms with E-state index in [1.807, 2.05) is 12.1 Å². The molecule has 1 aliphatic carbocycles. The summed E-state index contributed by atoms with van der Waals surface area (Å²) in [5.74, 6) is 0.142. The summed E-state index contributed by atoms with van der Waals surface area (Å²) in [4.78, 5) is 0. The Hall–Kier alpha value is -7.15. The molecule has 1 aliphatic rings. The van der Waals surface area contributed by atoms with Crippen LogP contribution in [0.5, 0.6) is 0 Å². The van der Waals surface area contributed by atoms with E-state index in [-0.39, 0.29) is 5.92 Å². The Morgan fingerprint density at radius 2 is 0.830 bits per heavy atom. The highest BCUT2D eigenvalue weighted by Crippen LogP contribution is 2.50. The number of hydrogen-bond donors (Lipinski definition) is 0. The van der Waals surface area contributed by atoms with Crippen molar-refractivity contribution in [3.63, 3.8) is 0 Å². The van der Waals surface area contributed by atoms with Gasteiger partial charge in [0.25, 0.3) is 0 Å². The summed E-state index contributed by atoms with van der Waals surface area (Å²) < 4.78 is 4.78. The van der Waals surface area contributed by atoms with Crippen molar-refractivity contribution >= 4 is 43.6 Å². The van der Waals surface area contributed by atoms with Gasteiger partial charge in [0.15, 0.2) is 0 Å². The summed E-state index contributed by atoms with van der Waals surface area (Å²) in [7, 11) is 0. The smallest absolute Gasteiger partial charge is 0.0991 e. The van der Waals surface area contributed by atoms with Crippen LogP contribution in [0.25, 0.3) is 77.2 Å². The molecule has 0 saturated heterocycles. The molecule has 8 aromatic carbocycles. The van der Waals surface area contributed by atoms with Crippen molar-refractivity contribution in [2.45, 2.75) is 5.92 Å². The van der Waals surface area contributed by atoms with E-state index in [1.165, 1.54) is 55.2 Å². The molecule has 0 saturated carbocycles. The average Bonchev–Trinajstić information content (AvgIpc) is 3.86. The maximum Gasteiger partial charge on any atom is 0.0991 e. The largest absolute Gasteiger partial charge is 0.309 e. The SMILES string of the molecule is N#Cc1ccc2c(c1)c1ccccc1n2-c1ccc2c(c1)c1ccccc1n2-c1ccccc1-c1ccccc1C1c2ccccc2-c2ccccc21. The fourth-order valence-corrected chi connectivity index (χ4v) is 9.06. The van der Waals surface area contributed by atoms with E-state index < -0.39 is 0 Å². The van der Waals surface area contributed by atoms with E-state index in [0.717, 1.165) is 38.7 Å². The number of nitriles is 1. The van der Waals surface area contributed by atoms with Crippen LogP contribution in [0.4, 0.5) is 0 Å². The predicted octanol–water partition coefficient (Wildman–Crippen LogP) is 12.6. The molecule has 0 fully saturated rings. The highest BCUT2D eigenvalue weighted by Gasteiger charge is 2.31. The van der Waals surface area contributed by atoms with Crippen LogP contribution in [0.2, 0.25) is 0 Å². The molecule has 0 atom stereocenters. The zero-order valence-electron chi connectivity index (χ0n) is 28.7. The van der Waals surface area contributed by atoms with Crippen LogP contribution in [0.3, 0.4) is 0 Å². The summed E-state index contributed by atoms with van der Waals surface area (Å²) in [6, 6.07) is 68.0. The minimum absolute atomic E-state index is 0.142. The molecule has 2 aromatic heterocycles. The monoisotopic (exact) mass is 673 g/mol. The minimum atomic E-state index is 0.142. The minimum Gasteiger partial charge on any atom is -0.309 e. The Morgan fingerprint density at radius 1 is 0.377 bits per heavy atom. The molecule has 0 amide bonds. The van der Waals surface area contributed by atoms with Gasteiger partial charge >= 0.3 is 0 Å². The average molecular weight is 674 g/mol. The lowest BCUT2D eigenvalue weighted by molar-refractivity contribution is 1.02. The molecular formula is C50H31N3. The van der Waals surface area contributed by atoms with Crippen LogP contribution in [0.15, 0.2) is 182 Å². The van der Waals surface area contributed by atoms with Gasteiger partial charge in [-0.25, -0.2) is 0 Å². The summed E-state index contributed by atoms with van der Waals surface area (Å²) in [5, 5.41) is 14.3. The zero-order chi connectivity index (χ0) is 35.0. The molecule has 0 bridgehead atoms. The van der Waals surface area contributed by atoms with E-state index in [9.17, 15) is 5.26 Å². The first-order valence-electron chi connectivity index (χ1n) is 18.1. The fourth-order valence-electron chi connectivity index (χ4n) is 9.06. The highest BCUT2D eigenvalue weighted by molar-refractivity contribution is 6.12. The molecule has 0 radical (unpaired) electrons. The van der Waals surface area contributed by atoms with Gasteiger partial charge in [-0.3, -0.25) is 0 Å². The zero-order valence-corrected chi connectivity index (χ0v) is 28.7. The molecule has 2 heterocycles. The van der Waals surface area contributed by atoms with Crippen molar-refractivity contribution in [3.05, 3.63) is 204 Å². The topological polar surface area (TPSA) is 33.6 Å². The van der Waals surface area contributed by atoms with E-state index in [4.69, 9.17) is 0 Å². The number of nitrogens with zero attached hydrogens (tertiary/aromatic N) is 3. The maximum atomic E-state index is 9.69. The normalized spacial score (nSPS) is 12.4. The summed E-state index contributed by atoms with van der Waals surface area (Å²) in [5.41, 5.74) is 16.6. The molecular weight excluding hydrogens is 643 g/mol. The van der Waals surface area contributed by atoms with Crippen LogP contribution >= 0.6 is 0 Å². The van der Waals surface area contributed by atoms with E-state index in [1.54, 1.807) is 0 Å². The lowest BCUT2D eigenvalue weighted by Crippen LogP contribution is -2.04. The van der Waals surface area contributed by atoms with Gasteiger partial charge in [0.1, 0.15) is 0 Å². The molecule has 0 spiro atoms. The van der Waals surface area contributed by atoms with Crippen molar-refractivity contribution in [2.75, 3.05) is 0 Å². The van der Waals surface area contributed by atoms with Crippen LogP contribution in [-0.2, 0) is 0 Å². The van der Waals surface area contributed by atoms with Crippen LogP contribution < -0.4 is 0 Å². The van der Waals surface area contributed by atoms with Crippen LogP contribution in [-0.4, -0.2) is 9.13 Å². The quantitative estimate of drug-likeness (QED) is 0.183. The third-order valence-corrected chi connectivity index (χ3v) is 11.3. The summed E-state index contributed by atoms with van der Waals surface area (Å²) >= 11 is 0. The van der Waals surface area contributed by atoms with Crippen molar-refractivity contribution in [1.29, 1.82) is 5.26 Å². The fraction of sp³-hybridized carbons (Fsp3) is 0.0200. The van der Waals surface area contributed by atoms with E-state index in [2.05, 4.69) is 185 Å². The van der Waals surface area contributed by atoms with E-state index in [0.29, 0.717) is 5.56 Å². The van der Waals surface area contributed by atoms with Crippen molar-refractivity contribution in [2.24, 2.45) is 0 Å². The third kappa shape index (κ3) is 4.27. The van der Waals surface area contributed by atoms with Gasteiger partial charge in [-0.05, 0) is 88.0 Å². The molecule has 0 N–H and O–H groups in total. The summed E-state index contributed by atoms with van der Waals surface area (Å²) in [6.45, 7) is 0. The lowest BCUT2D eigenvalue weighted by atomic mass is 9.84. The van der Waals surface area contributed by atoms with E-state index >= 15 is 0 Å².